The molecule has 0 atom stereocenters. The molecule has 10 heteroatoms. The molecule has 0 saturated heterocycles. The first-order valence-corrected chi connectivity index (χ1v) is 9.90. The molecule has 146 valence electrons. The van der Waals surface area contributed by atoms with E-state index in [0.717, 1.165) is 0 Å². The Kier molecular flexibility index (Phi) is 4.99. The smallest absolute Gasteiger partial charge is 0.270 e. The molecule has 0 radical (unpaired) electrons. The van der Waals surface area contributed by atoms with Crippen LogP contribution in [0.2, 0.25) is 10.0 Å². The van der Waals surface area contributed by atoms with Crippen molar-refractivity contribution >= 4 is 56.8 Å². The molecular formula is C19H12Cl2N4O3S. The van der Waals surface area contributed by atoms with Crippen molar-refractivity contribution in [2.24, 2.45) is 0 Å². The Morgan fingerprint density at radius 2 is 1.93 bits per heavy atom. The Morgan fingerprint density at radius 1 is 1.21 bits per heavy atom. The summed E-state index contributed by atoms with van der Waals surface area (Å²) in [6.45, 7) is 1.81. The van der Waals surface area contributed by atoms with Gasteiger partial charge in [-0.05, 0) is 25.1 Å². The molecule has 7 nitrogen and oxygen atoms in total. The van der Waals surface area contributed by atoms with Crippen molar-refractivity contribution in [2.75, 3.05) is 5.32 Å². The van der Waals surface area contributed by atoms with E-state index in [4.69, 9.17) is 23.2 Å². The van der Waals surface area contributed by atoms with Gasteiger partial charge < -0.3 is 5.32 Å². The number of rotatable bonds is 4. The lowest BCUT2D eigenvalue weighted by Crippen LogP contribution is -2.11. The van der Waals surface area contributed by atoms with E-state index < -0.39 is 4.92 Å². The molecule has 0 aliphatic rings. The van der Waals surface area contributed by atoms with Crippen LogP contribution in [0.1, 0.15) is 15.4 Å². The van der Waals surface area contributed by atoms with Gasteiger partial charge in [-0.3, -0.25) is 19.3 Å². The number of aryl methyl sites for hydroxylation is 1. The van der Waals surface area contributed by atoms with E-state index in [1.165, 1.54) is 23.5 Å². The molecular weight excluding hydrogens is 435 g/mol. The third-order valence-electron chi connectivity index (χ3n) is 4.24. The summed E-state index contributed by atoms with van der Waals surface area (Å²) in [6, 6.07) is 11.1. The fourth-order valence-corrected chi connectivity index (χ4v) is 4.42. The van der Waals surface area contributed by atoms with Gasteiger partial charge in [-0.1, -0.05) is 46.7 Å². The molecule has 4 rings (SSSR count). The van der Waals surface area contributed by atoms with Crippen molar-refractivity contribution < 1.29 is 9.72 Å². The van der Waals surface area contributed by atoms with Gasteiger partial charge in [-0.15, -0.1) is 0 Å². The van der Waals surface area contributed by atoms with Crippen LogP contribution in [0.3, 0.4) is 0 Å². The molecule has 0 aliphatic carbocycles. The minimum absolute atomic E-state index is 0.00386. The average molecular weight is 447 g/mol. The number of amides is 1. The zero-order chi connectivity index (χ0) is 20.7. The molecule has 4 aromatic rings. The highest BCUT2D eigenvalue weighted by Crippen LogP contribution is 2.30. The monoisotopic (exact) mass is 446 g/mol. The quantitative estimate of drug-likeness (QED) is 0.315. The summed E-state index contributed by atoms with van der Waals surface area (Å²) >= 11 is 13.2. The number of nitrogens with one attached hydrogen (secondary N) is 1. The fourth-order valence-electron chi connectivity index (χ4n) is 2.89. The third-order valence-corrected chi connectivity index (χ3v) is 5.83. The van der Waals surface area contributed by atoms with E-state index in [0.29, 0.717) is 42.5 Å². The van der Waals surface area contributed by atoms with E-state index in [1.807, 2.05) is 6.92 Å². The minimum Gasteiger partial charge on any atom is -0.321 e. The van der Waals surface area contributed by atoms with Crippen molar-refractivity contribution in [3.63, 3.8) is 0 Å². The van der Waals surface area contributed by atoms with E-state index >= 15 is 0 Å². The Morgan fingerprint density at radius 3 is 2.59 bits per heavy atom. The predicted octanol–water partition coefficient (Wildman–Crippen LogP) is 5.84. The number of carbonyl (C=O) groups is 1. The van der Waals surface area contributed by atoms with Crippen LogP contribution in [0.25, 0.3) is 16.2 Å². The maximum atomic E-state index is 12.7. The van der Waals surface area contributed by atoms with Crippen molar-refractivity contribution in [2.45, 2.75) is 6.92 Å². The minimum atomic E-state index is -0.447. The van der Waals surface area contributed by atoms with E-state index in [2.05, 4.69) is 10.3 Å². The van der Waals surface area contributed by atoms with Gasteiger partial charge in [0.25, 0.3) is 11.6 Å². The normalized spacial score (nSPS) is 11.0. The molecule has 2 aromatic heterocycles. The Hall–Kier alpha value is -2.94. The average Bonchev–Trinajstić information content (AvgIpc) is 3.20. The lowest BCUT2D eigenvalue weighted by Gasteiger charge is -2.05. The second-order valence-electron chi connectivity index (χ2n) is 6.22. The van der Waals surface area contributed by atoms with Gasteiger partial charge in [0.2, 0.25) is 0 Å². The number of thiazole rings is 1. The van der Waals surface area contributed by atoms with Crippen LogP contribution in [0.5, 0.6) is 0 Å². The van der Waals surface area contributed by atoms with Crippen molar-refractivity contribution in [1.29, 1.82) is 0 Å². The Balaban J connectivity index is 1.65. The number of hydrogen-bond acceptors (Lipinski definition) is 5. The lowest BCUT2D eigenvalue weighted by molar-refractivity contribution is -0.384. The predicted molar refractivity (Wildman–Crippen MR) is 114 cm³/mol. The van der Waals surface area contributed by atoms with Gasteiger partial charge in [-0.2, -0.15) is 0 Å². The summed E-state index contributed by atoms with van der Waals surface area (Å²) in [5, 5.41) is 14.6. The summed E-state index contributed by atoms with van der Waals surface area (Å²) in [5.74, 6) is -0.298. The molecule has 2 heterocycles. The molecule has 0 saturated carbocycles. The number of aromatic nitrogens is 2. The van der Waals surface area contributed by atoms with Gasteiger partial charge in [0.05, 0.1) is 10.6 Å². The molecule has 0 spiro atoms. The van der Waals surface area contributed by atoms with E-state index in [9.17, 15) is 14.9 Å². The lowest BCUT2D eigenvalue weighted by atomic mass is 10.1. The largest absolute Gasteiger partial charge is 0.321 e. The zero-order valence-corrected chi connectivity index (χ0v) is 17.2. The van der Waals surface area contributed by atoms with E-state index in [-0.39, 0.29) is 11.6 Å². The highest BCUT2D eigenvalue weighted by Gasteiger charge is 2.19. The Bertz CT molecular complexity index is 1260. The van der Waals surface area contributed by atoms with Crippen LogP contribution in [0.4, 0.5) is 11.4 Å². The third kappa shape index (κ3) is 3.82. The van der Waals surface area contributed by atoms with Crippen LogP contribution in [-0.2, 0) is 0 Å². The number of nitrogens with zero attached hydrogens (tertiary/aromatic N) is 3. The fraction of sp³-hybridized carbons (Fsp3) is 0.0526. The molecule has 0 bridgehead atoms. The Labute approximate surface area is 178 Å². The van der Waals surface area contributed by atoms with Crippen molar-refractivity contribution in [1.82, 2.24) is 9.38 Å². The van der Waals surface area contributed by atoms with Crippen molar-refractivity contribution in [3.8, 4) is 11.3 Å². The van der Waals surface area contributed by atoms with Crippen LogP contribution in [0, 0.1) is 17.0 Å². The molecule has 0 unspecified atom stereocenters. The number of halogens is 2. The first-order valence-electron chi connectivity index (χ1n) is 8.32. The summed E-state index contributed by atoms with van der Waals surface area (Å²) in [4.78, 5) is 28.9. The molecule has 2 aromatic carbocycles. The summed E-state index contributed by atoms with van der Waals surface area (Å²) in [6.07, 6.45) is 1.76. The molecule has 29 heavy (non-hydrogen) atoms. The molecule has 0 fully saturated rings. The van der Waals surface area contributed by atoms with Crippen molar-refractivity contribution in [3.05, 3.63) is 79.4 Å². The summed E-state index contributed by atoms with van der Waals surface area (Å²) < 4.78 is 1.79. The van der Waals surface area contributed by atoms with Crippen LogP contribution in [0.15, 0.2) is 48.7 Å². The number of anilines is 1. The van der Waals surface area contributed by atoms with Gasteiger partial charge in [0.15, 0.2) is 4.96 Å². The highest BCUT2D eigenvalue weighted by molar-refractivity contribution is 7.19. The number of fused-ring (bicyclic) bond motifs is 1. The molecule has 1 amide bonds. The van der Waals surface area contributed by atoms with E-state index in [1.54, 1.807) is 40.9 Å². The molecule has 0 aliphatic heterocycles. The maximum absolute atomic E-state index is 12.7. The number of benzene rings is 2. The number of nitro groups is 1. The number of hydrogen-bond donors (Lipinski definition) is 1. The van der Waals surface area contributed by atoms with Gasteiger partial charge in [0, 0.05) is 45.3 Å². The highest BCUT2D eigenvalue weighted by atomic mass is 35.5. The van der Waals surface area contributed by atoms with Crippen LogP contribution < -0.4 is 5.32 Å². The zero-order valence-electron chi connectivity index (χ0n) is 14.8. The van der Waals surface area contributed by atoms with Gasteiger partial charge in [-0.25, -0.2) is 4.98 Å². The number of nitro benzene ring substituents is 1. The maximum Gasteiger partial charge on any atom is 0.270 e. The second kappa shape index (κ2) is 7.47. The van der Waals surface area contributed by atoms with Gasteiger partial charge >= 0.3 is 0 Å². The number of imidazole rings is 1. The van der Waals surface area contributed by atoms with Crippen LogP contribution in [-0.4, -0.2) is 20.2 Å². The van der Waals surface area contributed by atoms with Crippen LogP contribution >= 0.6 is 34.5 Å². The second-order valence-corrected chi connectivity index (χ2v) is 8.07. The SMILES string of the molecule is Cc1c(C(=O)Nc2cc(Cl)cc(Cl)c2)sc2nc(-c3cccc([N+](=O)[O-])c3)cn12. The number of carbonyl (C=O) groups excluding carboxylic acids is 1. The standard InChI is InChI=1S/C19H12Cl2N4O3S/c1-10-17(18(26)22-14-7-12(20)6-13(21)8-14)29-19-23-16(9-24(10)19)11-3-2-4-15(5-11)25(27)28/h2-9H,1H3,(H,22,26). The summed E-state index contributed by atoms with van der Waals surface area (Å²) in [5.41, 5.74) is 2.43. The first kappa shape index (κ1) is 19.4. The first-order chi connectivity index (χ1) is 13.8. The molecule has 1 N–H and O–H groups in total. The number of non-ortho nitro benzene ring substituents is 1. The van der Waals surface area contributed by atoms with Gasteiger partial charge in [0.1, 0.15) is 4.88 Å². The summed E-state index contributed by atoms with van der Waals surface area (Å²) in [7, 11) is 0. The topological polar surface area (TPSA) is 89.5 Å².